The minimum absolute atomic E-state index is 0.870. The van der Waals surface area contributed by atoms with Crippen molar-refractivity contribution in [3.8, 4) is 0 Å². The Labute approximate surface area is 101 Å². The van der Waals surface area contributed by atoms with Crippen molar-refractivity contribution in [2.24, 2.45) is 0 Å². The summed E-state index contributed by atoms with van der Waals surface area (Å²) in [6.07, 6.45) is 2.74. The molecule has 3 heteroatoms. The molecule has 0 aliphatic carbocycles. The van der Waals surface area contributed by atoms with Gasteiger partial charge < -0.3 is 5.32 Å². The van der Waals surface area contributed by atoms with Crippen molar-refractivity contribution in [2.75, 3.05) is 11.9 Å². The van der Waals surface area contributed by atoms with E-state index in [1.807, 2.05) is 48.7 Å². The Hall–Kier alpha value is -1.48. The number of nitrogens with zero attached hydrogens (tertiary/aromatic N) is 1. The molecule has 0 saturated carbocycles. The predicted molar refractivity (Wildman–Crippen MR) is 70.1 cm³/mol. The van der Waals surface area contributed by atoms with Crippen molar-refractivity contribution in [1.82, 2.24) is 4.98 Å². The van der Waals surface area contributed by atoms with Gasteiger partial charge in [-0.25, -0.2) is 0 Å². The van der Waals surface area contributed by atoms with Gasteiger partial charge in [-0.2, -0.15) is 0 Å². The summed E-state index contributed by atoms with van der Waals surface area (Å²) < 4.78 is 0. The van der Waals surface area contributed by atoms with E-state index in [0.717, 1.165) is 29.2 Å². The Morgan fingerprint density at radius 2 is 1.88 bits per heavy atom. The largest absolute Gasteiger partial charge is 0.384 e. The second kappa shape index (κ2) is 5.56. The van der Waals surface area contributed by atoms with Gasteiger partial charge in [0.1, 0.15) is 0 Å². The lowest BCUT2D eigenvalue weighted by atomic mass is 10.2. The van der Waals surface area contributed by atoms with Gasteiger partial charge in [0.2, 0.25) is 0 Å². The van der Waals surface area contributed by atoms with Gasteiger partial charge in [0.25, 0.3) is 0 Å². The highest BCUT2D eigenvalue weighted by Crippen LogP contribution is 2.18. The molecule has 0 unspecified atom stereocenters. The number of pyridine rings is 1. The molecule has 0 fully saturated rings. The Bertz CT molecular complexity index is 443. The molecular formula is C13H14N2S. The van der Waals surface area contributed by atoms with Crippen molar-refractivity contribution >= 4 is 18.3 Å². The zero-order chi connectivity index (χ0) is 11.2. The smallest absolute Gasteiger partial charge is 0.0475 e. The van der Waals surface area contributed by atoms with Crippen molar-refractivity contribution < 1.29 is 0 Å². The molecule has 0 atom stereocenters. The van der Waals surface area contributed by atoms with E-state index in [4.69, 9.17) is 0 Å². The fourth-order valence-electron chi connectivity index (χ4n) is 1.49. The molecule has 0 amide bonds. The number of hydrogen-bond acceptors (Lipinski definition) is 3. The van der Waals surface area contributed by atoms with Gasteiger partial charge in [0.05, 0.1) is 0 Å². The zero-order valence-electron chi connectivity index (χ0n) is 8.93. The number of benzene rings is 1. The number of aromatic nitrogens is 1. The van der Waals surface area contributed by atoms with Gasteiger partial charge in [-0.1, -0.05) is 18.2 Å². The highest BCUT2D eigenvalue weighted by Gasteiger charge is 1.97. The van der Waals surface area contributed by atoms with E-state index >= 15 is 0 Å². The van der Waals surface area contributed by atoms with Crippen LogP contribution in [-0.2, 0) is 6.42 Å². The van der Waals surface area contributed by atoms with Crippen molar-refractivity contribution in [1.29, 1.82) is 0 Å². The molecule has 0 saturated heterocycles. The standard InChI is InChI=1S/C13H14N2S/c16-13-7-2-1-6-12(13)15-10-8-11-5-3-4-9-14-11/h1-7,9,15-16H,8,10H2. The molecule has 0 spiro atoms. The number of rotatable bonds is 4. The van der Waals surface area contributed by atoms with Crippen molar-refractivity contribution in [3.63, 3.8) is 0 Å². The Morgan fingerprint density at radius 3 is 2.62 bits per heavy atom. The summed E-state index contributed by atoms with van der Waals surface area (Å²) in [6, 6.07) is 14.0. The highest BCUT2D eigenvalue weighted by atomic mass is 32.1. The summed E-state index contributed by atoms with van der Waals surface area (Å²) in [5, 5.41) is 3.35. The first-order valence-corrected chi connectivity index (χ1v) is 5.73. The third-order valence-electron chi connectivity index (χ3n) is 2.33. The van der Waals surface area contributed by atoms with Crippen molar-refractivity contribution in [3.05, 3.63) is 54.4 Å². The average Bonchev–Trinajstić information content (AvgIpc) is 2.33. The first-order valence-electron chi connectivity index (χ1n) is 5.28. The molecule has 0 bridgehead atoms. The SMILES string of the molecule is Sc1ccccc1NCCc1ccccn1. The van der Waals surface area contributed by atoms with E-state index in [0.29, 0.717) is 0 Å². The highest BCUT2D eigenvalue weighted by molar-refractivity contribution is 7.80. The maximum atomic E-state index is 4.38. The van der Waals surface area contributed by atoms with Crippen LogP contribution in [-0.4, -0.2) is 11.5 Å². The Kier molecular flexibility index (Phi) is 3.83. The minimum Gasteiger partial charge on any atom is -0.384 e. The molecule has 0 aliphatic heterocycles. The lowest BCUT2D eigenvalue weighted by Gasteiger charge is -2.07. The van der Waals surface area contributed by atoms with E-state index in [-0.39, 0.29) is 0 Å². The molecule has 1 N–H and O–H groups in total. The van der Waals surface area contributed by atoms with Crippen LogP contribution in [0, 0.1) is 0 Å². The van der Waals surface area contributed by atoms with Crippen LogP contribution in [0.2, 0.25) is 0 Å². The van der Waals surface area contributed by atoms with Gasteiger partial charge in [0.15, 0.2) is 0 Å². The summed E-state index contributed by atoms with van der Waals surface area (Å²) in [5.41, 5.74) is 2.17. The topological polar surface area (TPSA) is 24.9 Å². The normalized spacial score (nSPS) is 10.1. The minimum atomic E-state index is 0.870. The second-order valence-electron chi connectivity index (χ2n) is 3.52. The lowest BCUT2D eigenvalue weighted by Crippen LogP contribution is -2.06. The molecule has 2 nitrogen and oxygen atoms in total. The van der Waals surface area contributed by atoms with Gasteiger partial charge in [0, 0.05) is 35.4 Å². The van der Waals surface area contributed by atoms with Crippen LogP contribution >= 0.6 is 12.6 Å². The second-order valence-corrected chi connectivity index (χ2v) is 4.00. The molecule has 16 heavy (non-hydrogen) atoms. The van der Waals surface area contributed by atoms with Crippen LogP contribution in [0.15, 0.2) is 53.6 Å². The van der Waals surface area contributed by atoms with Crippen LogP contribution in [0.1, 0.15) is 5.69 Å². The molecule has 1 aromatic heterocycles. The number of nitrogens with one attached hydrogen (secondary N) is 1. The summed E-state index contributed by atoms with van der Waals surface area (Å²) in [5.74, 6) is 0. The molecule has 1 heterocycles. The Balaban J connectivity index is 1.87. The summed E-state index contributed by atoms with van der Waals surface area (Å²) in [4.78, 5) is 5.25. The maximum absolute atomic E-state index is 4.38. The van der Waals surface area contributed by atoms with Gasteiger partial charge >= 0.3 is 0 Å². The monoisotopic (exact) mass is 230 g/mol. The van der Waals surface area contributed by atoms with E-state index in [9.17, 15) is 0 Å². The van der Waals surface area contributed by atoms with Gasteiger partial charge in [-0.3, -0.25) is 4.98 Å². The molecule has 2 rings (SSSR count). The average molecular weight is 230 g/mol. The Morgan fingerprint density at radius 1 is 1.06 bits per heavy atom. The van der Waals surface area contributed by atoms with Gasteiger partial charge in [-0.05, 0) is 24.3 Å². The first-order chi connectivity index (χ1) is 7.86. The van der Waals surface area contributed by atoms with E-state index in [1.165, 1.54) is 0 Å². The van der Waals surface area contributed by atoms with Crippen LogP contribution in [0.4, 0.5) is 5.69 Å². The van der Waals surface area contributed by atoms with Crippen molar-refractivity contribution in [2.45, 2.75) is 11.3 Å². The number of para-hydroxylation sites is 1. The fraction of sp³-hybridized carbons (Fsp3) is 0.154. The number of hydrogen-bond donors (Lipinski definition) is 2. The molecule has 1 aromatic carbocycles. The maximum Gasteiger partial charge on any atom is 0.0475 e. The molecule has 0 aliphatic rings. The van der Waals surface area contributed by atoms with E-state index in [2.05, 4.69) is 22.9 Å². The molecular weight excluding hydrogens is 216 g/mol. The van der Waals surface area contributed by atoms with E-state index < -0.39 is 0 Å². The summed E-state index contributed by atoms with van der Waals surface area (Å²) in [6.45, 7) is 0.870. The predicted octanol–water partition coefficient (Wildman–Crippen LogP) is 3.02. The fourth-order valence-corrected chi connectivity index (χ4v) is 1.73. The third-order valence-corrected chi connectivity index (χ3v) is 2.72. The summed E-state index contributed by atoms with van der Waals surface area (Å²) >= 11 is 4.38. The van der Waals surface area contributed by atoms with Crippen LogP contribution in [0.25, 0.3) is 0 Å². The number of thiol groups is 1. The van der Waals surface area contributed by atoms with Crippen LogP contribution in [0.3, 0.4) is 0 Å². The molecule has 2 aromatic rings. The third kappa shape index (κ3) is 3.00. The quantitative estimate of drug-likeness (QED) is 0.789. The molecule has 82 valence electrons. The number of anilines is 1. The summed E-state index contributed by atoms with van der Waals surface area (Å²) in [7, 11) is 0. The van der Waals surface area contributed by atoms with Crippen LogP contribution in [0.5, 0.6) is 0 Å². The molecule has 0 radical (unpaired) electrons. The van der Waals surface area contributed by atoms with Gasteiger partial charge in [-0.15, -0.1) is 12.6 Å². The first kappa shape index (κ1) is 11.0. The lowest BCUT2D eigenvalue weighted by molar-refractivity contribution is 0.958. The zero-order valence-corrected chi connectivity index (χ0v) is 9.82. The van der Waals surface area contributed by atoms with Crippen LogP contribution < -0.4 is 5.32 Å². The van der Waals surface area contributed by atoms with E-state index in [1.54, 1.807) is 0 Å².